The number of benzene rings is 1. The molecule has 0 amide bonds. The van der Waals surface area contributed by atoms with Crippen molar-refractivity contribution in [2.45, 2.75) is 25.9 Å². The van der Waals surface area contributed by atoms with Crippen LogP contribution < -0.4 is 5.32 Å². The SMILES string of the molecule is Cc1ccc(C2CNCC(C)N2C)cc1. The molecule has 2 heteroatoms. The van der Waals surface area contributed by atoms with Crippen molar-refractivity contribution >= 4 is 0 Å². The Bertz CT molecular complexity index is 318. The van der Waals surface area contributed by atoms with Gasteiger partial charge in [0.1, 0.15) is 0 Å². The van der Waals surface area contributed by atoms with Gasteiger partial charge in [0.2, 0.25) is 0 Å². The quantitative estimate of drug-likeness (QED) is 0.752. The highest BCUT2D eigenvalue weighted by atomic mass is 15.2. The van der Waals surface area contributed by atoms with Gasteiger partial charge in [-0.15, -0.1) is 0 Å². The van der Waals surface area contributed by atoms with E-state index in [4.69, 9.17) is 0 Å². The normalized spacial score (nSPS) is 27.9. The number of hydrogen-bond acceptors (Lipinski definition) is 2. The van der Waals surface area contributed by atoms with Crippen molar-refractivity contribution in [3.63, 3.8) is 0 Å². The zero-order valence-electron chi connectivity index (χ0n) is 9.83. The summed E-state index contributed by atoms with van der Waals surface area (Å²) in [5, 5.41) is 3.49. The summed E-state index contributed by atoms with van der Waals surface area (Å²) < 4.78 is 0. The predicted molar refractivity (Wildman–Crippen MR) is 64.0 cm³/mol. The Morgan fingerprint density at radius 3 is 2.53 bits per heavy atom. The van der Waals surface area contributed by atoms with Gasteiger partial charge in [-0.25, -0.2) is 0 Å². The highest BCUT2D eigenvalue weighted by Gasteiger charge is 2.24. The van der Waals surface area contributed by atoms with Crippen molar-refractivity contribution < 1.29 is 0 Å². The van der Waals surface area contributed by atoms with Gasteiger partial charge in [0.15, 0.2) is 0 Å². The molecule has 0 bridgehead atoms. The van der Waals surface area contributed by atoms with Gasteiger partial charge in [0, 0.05) is 25.2 Å². The van der Waals surface area contributed by atoms with Gasteiger partial charge in [-0.2, -0.15) is 0 Å². The standard InChI is InChI=1S/C13H20N2/c1-10-4-6-12(7-5-10)13-9-14-8-11(2)15(13)3/h4-7,11,13-14H,8-9H2,1-3H3. The molecule has 0 aliphatic carbocycles. The Kier molecular flexibility index (Phi) is 3.08. The lowest BCUT2D eigenvalue weighted by atomic mass is 10.0. The molecule has 1 aromatic rings. The molecule has 0 aromatic heterocycles. The number of rotatable bonds is 1. The molecular formula is C13H20N2. The minimum atomic E-state index is 0.523. The Hall–Kier alpha value is -0.860. The minimum absolute atomic E-state index is 0.523. The molecular weight excluding hydrogens is 184 g/mol. The highest BCUT2D eigenvalue weighted by Crippen LogP contribution is 2.23. The number of aryl methyl sites for hydroxylation is 1. The second kappa shape index (κ2) is 4.33. The van der Waals surface area contributed by atoms with Crippen molar-refractivity contribution in [1.82, 2.24) is 10.2 Å². The van der Waals surface area contributed by atoms with Crippen LogP contribution in [0.4, 0.5) is 0 Å². The monoisotopic (exact) mass is 204 g/mol. The van der Waals surface area contributed by atoms with E-state index in [1.807, 2.05) is 0 Å². The van der Waals surface area contributed by atoms with Crippen molar-refractivity contribution in [3.05, 3.63) is 35.4 Å². The lowest BCUT2D eigenvalue weighted by Crippen LogP contribution is -2.49. The summed E-state index contributed by atoms with van der Waals surface area (Å²) in [5.74, 6) is 0. The Labute approximate surface area is 92.3 Å². The third kappa shape index (κ3) is 2.21. The maximum absolute atomic E-state index is 3.49. The second-order valence-corrected chi connectivity index (χ2v) is 4.60. The Morgan fingerprint density at radius 2 is 1.87 bits per heavy atom. The van der Waals surface area contributed by atoms with Crippen LogP contribution in [0.2, 0.25) is 0 Å². The largest absolute Gasteiger partial charge is 0.313 e. The molecule has 1 saturated heterocycles. The van der Waals surface area contributed by atoms with Gasteiger partial charge < -0.3 is 5.32 Å². The molecule has 0 saturated carbocycles. The molecule has 0 spiro atoms. The Balaban J connectivity index is 2.18. The van der Waals surface area contributed by atoms with E-state index in [1.54, 1.807) is 0 Å². The van der Waals surface area contributed by atoms with Crippen molar-refractivity contribution in [2.75, 3.05) is 20.1 Å². The van der Waals surface area contributed by atoms with Crippen LogP contribution in [0.1, 0.15) is 24.1 Å². The molecule has 2 rings (SSSR count). The van der Waals surface area contributed by atoms with Crippen molar-refractivity contribution in [2.24, 2.45) is 0 Å². The molecule has 2 nitrogen and oxygen atoms in total. The highest BCUT2D eigenvalue weighted by molar-refractivity contribution is 5.25. The van der Waals surface area contributed by atoms with E-state index in [0.29, 0.717) is 12.1 Å². The molecule has 1 fully saturated rings. The maximum Gasteiger partial charge on any atom is 0.0472 e. The zero-order chi connectivity index (χ0) is 10.8. The van der Waals surface area contributed by atoms with E-state index in [1.165, 1.54) is 11.1 Å². The zero-order valence-corrected chi connectivity index (χ0v) is 9.83. The first-order valence-electron chi connectivity index (χ1n) is 5.67. The predicted octanol–water partition coefficient (Wildman–Crippen LogP) is 1.96. The average molecular weight is 204 g/mol. The lowest BCUT2D eigenvalue weighted by Gasteiger charge is -2.38. The lowest BCUT2D eigenvalue weighted by molar-refractivity contribution is 0.141. The van der Waals surface area contributed by atoms with Crippen LogP contribution in [0, 0.1) is 6.92 Å². The number of piperazine rings is 1. The summed E-state index contributed by atoms with van der Waals surface area (Å²) in [6.45, 7) is 6.56. The first-order chi connectivity index (χ1) is 7.18. The van der Waals surface area contributed by atoms with Gasteiger partial charge in [0.25, 0.3) is 0 Å². The van der Waals surface area contributed by atoms with E-state index in [-0.39, 0.29) is 0 Å². The summed E-state index contributed by atoms with van der Waals surface area (Å²) in [6, 6.07) is 10.0. The van der Waals surface area contributed by atoms with Crippen LogP contribution in [-0.4, -0.2) is 31.1 Å². The van der Waals surface area contributed by atoms with Gasteiger partial charge >= 0.3 is 0 Å². The van der Waals surface area contributed by atoms with Gasteiger partial charge in [0.05, 0.1) is 0 Å². The van der Waals surface area contributed by atoms with E-state index >= 15 is 0 Å². The molecule has 15 heavy (non-hydrogen) atoms. The van der Waals surface area contributed by atoms with Crippen LogP contribution in [0.5, 0.6) is 0 Å². The van der Waals surface area contributed by atoms with Crippen LogP contribution in [0.25, 0.3) is 0 Å². The molecule has 1 heterocycles. The average Bonchev–Trinajstić information content (AvgIpc) is 2.24. The minimum Gasteiger partial charge on any atom is -0.313 e. The summed E-state index contributed by atoms with van der Waals surface area (Å²) in [5.41, 5.74) is 2.75. The molecule has 1 N–H and O–H groups in total. The fraction of sp³-hybridized carbons (Fsp3) is 0.538. The van der Waals surface area contributed by atoms with Crippen molar-refractivity contribution in [3.8, 4) is 0 Å². The number of hydrogen-bond donors (Lipinski definition) is 1. The third-order valence-corrected chi connectivity index (χ3v) is 3.43. The first-order valence-corrected chi connectivity index (χ1v) is 5.67. The molecule has 1 aliphatic heterocycles. The van der Waals surface area contributed by atoms with Crippen LogP contribution in [0.3, 0.4) is 0 Å². The number of nitrogens with zero attached hydrogens (tertiary/aromatic N) is 1. The molecule has 1 aliphatic rings. The van der Waals surface area contributed by atoms with Gasteiger partial charge in [-0.3, -0.25) is 4.90 Å². The smallest absolute Gasteiger partial charge is 0.0472 e. The van der Waals surface area contributed by atoms with Gasteiger partial charge in [-0.05, 0) is 26.5 Å². The summed E-state index contributed by atoms with van der Waals surface area (Å²) >= 11 is 0. The molecule has 1 aromatic carbocycles. The molecule has 2 unspecified atom stereocenters. The van der Waals surface area contributed by atoms with E-state index in [2.05, 4.69) is 55.4 Å². The van der Waals surface area contributed by atoms with E-state index in [0.717, 1.165) is 13.1 Å². The van der Waals surface area contributed by atoms with Crippen LogP contribution >= 0.6 is 0 Å². The van der Waals surface area contributed by atoms with E-state index < -0.39 is 0 Å². The van der Waals surface area contributed by atoms with Crippen molar-refractivity contribution in [1.29, 1.82) is 0 Å². The molecule has 82 valence electrons. The Morgan fingerprint density at radius 1 is 1.20 bits per heavy atom. The molecule has 0 radical (unpaired) electrons. The van der Waals surface area contributed by atoms with E-state index in [9.17, 15) is 0 Å². The van der Waals surface area contributed by atoms with Crippen LogP contribution in [0.15, 0.2) is 24.3 Å². The third-order valence-electron chi connectivity index (χ3n) is 3.43. The fourth-order valence-corrected chi connectivity index (χ4v) is 2.17. The second-order valence-electron chi connectivity index (χ2n) is 4.60. The number of nitrogens with one attached hydrogen (secondary N) is 1. The summed E-state index contributed by atoms with van der Waals surface area (Å²) in [6.07, 6.45) is 0. The summed E-state index contributed by atoms with van der Waals surface area (Å²) in [7, 11) is 2.22. The maximum atomic E-state index is 3.49. The van der Waals surface area contributed by atoms with Gasteiger partial charge in [-0.1, -0.05) is 29.8 Å². The number of likely N-dealkylation sites (N-methyl/N-ethyl adjacent to an activating group) is 1. The fourth-order valence-electron chi connectivity index (χ4n) is 2.17. The first kappa shape index (κ1) is 10.7. The molecule has 2 atom stereocenters. The summed E-state index contributed by atoms with van der Waals surface area (Å²) in [4.78, 5) is 2.46. The topological polar surface area (TPSA) is 15.3 Å². The van der Waals surface area contributed by atoms with Crippen LogP contribution in [-0.2, 0) is 0 Å².